The van der Waals surface area contributed by atoms with Crippen LogP contribution in [0.15, 0.2) is 74.9 Å². The molecule has 0 aliphatic heterocycles. The maximum Gasteiger partial charge on any atom is 0.417 e. The third kappa shape index (κ3) is 3.51. The van der Waals surface area contributed by atoms with Gasteiger partial charge in [-0.2, -0.15) is 4.98 Å². The average Bonchev–Trinajstić information content (AvgIpc) is 3.36. The summed E-state index contributed by atoms with van der Waals surface area (Å²) in [5, 5.41) is 6.29. The number of oxazole rings is 2. The van der Waals surface area contributed by atoms with Crippen molar-refractivity contribution in [3.8, 4) is 11.1 Å². The van der Waals surface area contributed by atoms with Crippen molar-refractivity contribution in [2.24, 2.45) is 0 Å². The summed E-state index contributed by atoms with van der Waals surface area (Å²) >= 11 is 0. The average molecular weight is 400 g/mol. The SMILES string of the molecule is Cc1cccc(-c2cnc(Nc3cnco3)nc2Nc2ccc3oc(=O)[nH]c3c2)c1. The van der Waals surface area contributed by atoms with E-state index in [1.807, 2.05) is 31.2 Å². The zero-order chi connectivity index (χ0) is 20.5. The first-order chi connectivity index (χ1) is 14.6. The minimum Gasteiger partial charge on any atom is -0.428 e. The molecule has 0 bridgehead atoms. The van der Waals surface area contributed by atoms with Gasteiger partial charge in [0.25, 0.3) is 0 Å². The molecule has 0 spiro atoms. The van der Waals surface area contributed by atoms with Gasteiger partial charge in [-0.15, -0.1) is 0 Å². The molecule has 5 aromatic rings. The van der Waals surface area contributed by atoms with Crippen LogP contribution in [0.4, 0.5) is 23.3 Å². The van der Waals surface area contributed by atoms with Gasteiger partial charge >= 0.3 is 5.76 Å². The minimum absolute atomic E-state index is 0.350. The predicted molar refractivity (Wildman–Crippen MR) is 112 cm³/mol. The van der Waals surface area contributed by atoms with Gasteiger partial charge in [-0.3, -0.25) is 10.3 Å². The third-order valence-corrected chi connectivity index (χ3v) is 4.47. The summed E-state index contributed by atoms with van der Waals surface area (Å²) in [6.07, 6.45) is 4.60. The summed E-state index contributed by atoms with van der Waals surface area (Å²) in [4.78, 5) is 27.0. The van der Waals surface area contributed by atoms with Crippen LogP contribution in [0, 0.1) is 6.92 Å². The molecule has 2 aromatic carbocycles. The second kappa shape index (κ2) is 7.21. The number of benzene rings is 2. The molecule has 0 radical (unpaired) electrons. The smallest absolute Gasteiger partial charge is 0.417 e. The molecule has 9 heteroatoms. The number of aromatic amines is 1. The Balaban J connectivity index is 1.57. The van der Waals surface area contributed by atoms with Crippen LogP contribution >= 0.6 is 0 Å². The van der Waals surface area contributed by atoms with E-state index in [9.17, 15) is 4.79 Å². The number of H-pyrrole nitrogens is 1. The largest absolute Gasteiger partial charge is 0.428 e. The molecule has 9 nitrogen and oxygen atoms in total. The molecule has 148 valence electrons. The summed E-state index contributed by atoms with van der Waals surface area (Å²) < 4.78 is 10.3. The van der Waals surface area contributed by atoms with Crippen LogP contribution in [-0.2, 0) is 0 Å². The number of anilines is 4. The minimum atomic E-state index is -0.497. The molecule has 5 rings (SSSR count). The Labute approximate surface area is 169 Å². The van der Waals surface area contributed by atoms with Crippen molar-refractivity contribution in [2.45, 2.75) is 6.92 Å². The van der Waals surface area contributed by atoms with E-state index in [1.165, 1.54) is 12.6 Å². The first kappa shape index (κ1) is 17.7. The molecule has 0 amide bonds. The molecule has 0 aliphatic rings. The lowest BCUT2D eigenvalue weighted by Gasteiger charge is -2.13. The molecule has 0 fully saturated rings. The standard InChI is InChI=1S/C21H16N6O3/c1-12-3-2-4-13(7-12)15-9-23-20(26-18-10-22-11-29-18)27-19(15)24-14-5-6-17-16(8-14)25-21(28)30-17/h2-11H,1H3,(H,25,28)(H2,23,24,26,27). The fourth-order valence-electron chi connectivity index (χ4n) is 3.12. The van der Waals surface area contributed by atoms with Gasteiger partial charge in [0, 0.05) is 17.4 Å². The number of hydrogen-bond acceptors (Lipinski definition) is 8. The Morgan fingerprint density at radius 3 is 2.83 bits per heavy atom. The summed E-state index contributed by atoms with van der Waals surface area (Å²) in [6.45, 7) is 2.03. The Kier molecular flexibility index (Phi) is 4.25. The monoisotopic (exact) mass is 400 g/mol. The fourth-order valence-corrected chi connectivity index (χ4v) is 3.12. The molecular formula is C21H16N6O3. The zero-order valence-electron chi connectivity index (χ0n) is 15.8. The van der Waals surface area contributed by atoms with Crippen LogP contribution in [0.5, 0.6) is 0 Å². The second-order valence-electron chi connectivity index (χ2n) is 6.67. The summed E-state index contributed by atoms with van der Waals surface area (Å²) in [7, 11) is 0. The van der Waals surface area contributed by atoms with E-state index in [1.54, 1.807) is 18.3 Å². The van der Waals surface area contributed by atoms with E-state index in [2.05, 4.69) is 36.6 Å². The number of aryl methyl sites for hydroxylation is 1. The Bertz CT molecular complexity index is 1390. The molecule has 30 heavy (non-hydrogen) atoms. The zero-order valence-corrected chi connectivity index (χ0v) is 15.8. The summed E-state index contributed by atoms with van der Waals surface area (Å²) in [6, 6.07) is 13.4. The van der Waals surface area contributed by atoms with Gasteiger partial charge in [-0.05, 0) is 30.7 Å². The van der Waals surface area contributed by atoms with Crippen LogP contribution in [0.25, 0.3) is 22.2 Å². The van der Waals surface area contributed by atoms with E-state index in [0.717, 1.165) is 22.4 Å². The number of fused-ring (bicyclic) bond motifs is 1. The lowest BCUT2D eigenvalue weighted by molar-refractivity contribution is 0.555. The van der Waals surface area contributed by atoms with Crippen molar-refractivity contribution in [3.63, 3.8) is 0 Å². The van der Waals surface area contributed by atoms with Crippen molar-refractivity contribution >= 4 is 34.4 Å². The number of aromatic nitrogens is 4. The highest BCUT2D eigenvalue weighted by Crippen LogP contribution is 2.31. The van der Waals surface area contributed by atoms with Crippen molar-refractivity contribution in [2.75, 3.05) is 10.6 Å². The van der Waals surface area contributed by atoms with Crippen LogP contribution in [0.3, 0.4) is 0 Å². The lowest BCUT2D eigenvalue weighted by Crippen LogP contribution is -2.02. The highest BCUT2D eigenvalue weighted by Gasteiger charge is 2.12. The van der Waals surface area contributed by atoms with Crippen LogP contribution in [-0.4, -0.2) is 19.9 Å². The summed E-state index contributed by atoms with van der Waals surface area (Å²) in [5.74, 6) is 0.871. The highest BCUT2D eigenvalue weighted by molar-refractivity contribution is 5.82. The molecule has 3 heterocycles. The topological polar surface area (TPSA) is 122 Å². The Morgan fingerprint density at radius 2 is 2.00 bits per heavy atom. The van der Waals surface area contributed by atoms with Gasteiger partial charge < -0.3 is 14.2 Å². The molecule has 0 aliphatic carbocycles. The number of nitrogens with one attached hydrogen (secondary N) is 3. The van der Waals surface area contributed by atoms with Crippen molar-refractivity contribution in [1.29, 1.82) is 0 Å². The number of hydrogen-bond donors (Lipinski definition) is 3. The lowest BCUT2D eigenvalue weighted by atomic mass is 10.1. The normalized spacial score (nSPS) is 11.0. The Hall–Kier alpha value is -4.40. The maximum absolute atomic E-state index is 11.4. The predicted octanol–water partition coefficient (Wildman–Crippen LogP) is 4.36. The van der Waals surface area contributed by atoms with Crippen LogP contribution in [0.2, 0.25) is 0 Å². The van der Waals surface area contributed by atoms with Crippen molar-refractivity contribution in [3.05, 3.63) is 77.4 Å². The van der Waals surface area contributed by atoms with Crippen LogP contribution < -0.4 is 16.4 Å². The van der Waals surface area contributed by atoms with Crippen LogP contribution in [0.1, 0.15) is 5.56 Å². The summed E-state index contributed by atoms with van der Waals surface area (Å²) in [5.41, 5.74) is 4.73. The van der Waals surface area contributed by atoms with Gasteiger partial charge in [-0.25, -0.2) is 14.8 Å². The maximum atomic E-state index is 11.4. The van der Waals surface area contributed by atoms with Gasteiger partial charge in [0.05, 0.1) is 11.7 Å². The van der Waals surface area contributed by atoms with Gasteiger partial charge in [-0.1, -0.05) is 29.8 Å². The van der Waals surface area contributed by atoms with Gasteiger partial charge in [0.2, 0.25) is 11.8 Å². The number of rotatable bonds is 5. The van der Waals surface area contributed by atoms with Gasteiger partial charge in [0.1, 0.15) is 5.82 Å². The van der Waals surface area contributed by atoms with Gasteiger partial charge in [0.15, 0.2) is 12.0 Å². The number of nitrogens with zero attached hydrogens (tertiary/aromatic N) is 3. The molecule has 0 unspecified atom stereocenters. The molecule has 3 N–H and O–H groups in total. The van der Waals surface area contributed by atoms with Crippen molar-refractivity contribution < 1.29 is 8.83 Å². The quantitative estimate of drug-likeness (QED) is 0.398. The molecule has 0 saturated heterocycles. The molecular weight excluding hydrogens is 384 g/mol. The van der Waals surface area contributed by atoms with E-state index in [-0.39, 0.29) is 0 Å². The van der Waals surface area contributed by atoms with E-state index >= 15 is 0 Å². The second-order valence-corrected chi connectivity index (χ2v) is 6.67. The van der Waals surface area contributed by atoms with E-state index < -0.39 is 5.76 Å². The third-order valence-electron chi connectivity index (χ3n) is 4.47. The fraction of sp³-hybridized carbons (Fsp3) is 0.0476. The Morgan fingerprint density at radius 1 is 1.07 bits per heavy atom. The molecule has 0 saturated carbocycles. The van der Waals surface area contributed by atoms with Crippen molar-refractivity contribution in [1.82, 2.24) is 19.9 Å². The first-order valence-corrected chi connectivity index (χ1v) is 9.13. The highest BCUT2D eigenvalue weighted by atomic mass is 16.4. The first-order valence-electron chi connectivity index (χ1n) is 9.13. The molecule has 3 aromatic heterocycles. The molecule has 0 atom stereocenters. The van der Waals surface area contributed by atoms with E-state index in [0.29, 0.717) is 28.8 Å². The van der Waals surface area contributed by atoms with E-state index in [4.69, 9.17) is 8.83 Å².